The van der Waals surface area contributed by atoms with Crippen molar-refractivity contribution >= 4 is 57.2 Å². The number of allylic oxidation sites excluding steroid dienone is 2. The van der Waals surface area contributed by atoms with Crippen LogP contribution in [0.3, 0.4) is 0 Å². The van der Waals surface area contributed by atoms with Crippen LogP contribution >= 0.6 is 11.3 Å². The number of ether oxygens (including phenoxy) is 5. The number of carbonyl (C=O) groups is 4. The molecule has 1 heterocycles. The maximum Gasteiger partial charge on any atom is 0.343 e. The lowest BCUT2D eigenvalue weighted by molar-refractivity contribution is -0.117. The molecule has 1 aliphatic carbocycles. The summed E-state index contributed by atoms with van der Waals surface area (Å²) in [6, 6.07) is 20.6. The molecule has 1 saturated carbocycles. The SMILES string of the molecule is C=CC(=O)C(C)CC.C=CC=O.CCCC1CCC(c2ccc(OC(=O)c3ccc(OCC(COCCCCOC)OC)cc3)c(C=N)c2)CC1.CCCC=O.Nc1nc2ccccc2s1. The number of unbranched alkanes of at least 4 members (excludes halogenated alkanes) is 2. The molecule has 66 heavy (non-hydrogen) atoms. The van der Waals surface area contributed by atoms with Gasteiger partial charge in [-0.15, -0.1) is 0 Å². The Morgan fingerprint density at radius 2 is 1.61 bits per heavy atom. The van der Waals surface area contributed by atoms with E-state index in [-0.39, 0.29) is 17.8 Å². The first kappa shape index (κ1) is 58.7. The summed E-state index contributed by atoms with van der Waals surface area (Å²) in [6.45, 7) is 16.8. The van der Waals surface area contributed by atoms with E-state index in [1.165, 1.54) is 73.8 Å². The summed E-state index contributed by atoms with van der Waals surface area (Å²) in [5.41, 5.74) is 8.76. The van der Waals surface area contributed by atoms with Crippen LogP contribution in [0.25, 0.3) is 10.2 Å². The van der Waals surface area contributed by atoms with Crippen molar-refractivity contribution in [3.8, 4) is 11.5 Å². The largest absolute Gasteiger partial charge is 0.491 e. The van der Waals surface area contributed by atoms with Gasteiger partial charge >= 0.3 is 5.97 Å². The van der Waals surface area contributed by atoms with Gasteiger partial charge in [-0.25, -0.2) is 9.78 Å². The van der Waals surface area contributed by atoms with E-state index in [2.05, 4.69) is 25.1 Å². The first-order valence-corrected chi connectivity index (χ1v) is 23.8. The van der Waals surface area contributed by atoms with Gasteiger partial charge in [0, 0.05) is 51.6 Å². The average molecular weight is 930 g/mol. The third-order valence-corrected chi connectivity index (χ3v) is 11.4. The smallest absolute Gasteiger partial charge is 0.343 e. The van der Waals surface area contributed by atoms with Crippen LogP contribution in [0.2, 0.25) is 0 Å². The Morgan fingerprint density at radius 1 is 0.924 bits per heavy atom. The highest BCUT2D eigenvalue weighted by molar-refractivity contribution is 7.22. The second-order valence-electron chi connectivity index (χ2n) is 15.6. The second-order valence-corrected chi connectivity index (χ2v) is 16.6. The van der Waals surface area contributed by atoms with E-state index in [1.807, 2.05) is 63.2 Å². The maximum atomic E-state index is 12.8. The monoisotopic (exact) mass is 930 g/mol. The highest BCUT2D eigenvalue weighted by Crippen LogP contribution is 2.38. The van der Waals surface area contributed by atoms with E-state index in [0.717, 1.165) is 54.7 Å². The van der Waals surface area contributed by atoms with Gasteiger partial charge in [0.2, 0.25) is 0 Å². The van der Waals surface area contributed by atoms with Crippen LogP contribution in [-0.2, 0) is 28.6 Å². The molecule has 3 N–H and O–H groups in total. The van der Waals surface area contributed by atoms with Gasteiger partial charge < -0.3 is 39.6 Å². The van der Waals surface area contributed by atoms with E-state index < -0.39 is 5.97 Å². The number of nitrogens with zero attached hydrogens (tertiary/aromatic N) is 1. The molecular weight excluding hydrogens is 855 g/mol. The van der Waals surface area contributed by atoms with Crippen LogP contribution in [0.15, 0.2) is 92.0 Å². The van der Waals surface area contributed by atoms with Crippen LogP contribution in [0.4, 0.5) is 5.13 Å². The highest BCUT2D eigenvalue weighted by atomic mass is 32.1. The zero-order valence-electron chi connectivity index (χ0n) is 40.2. The van der Waals surface area contributed by atoms with Gasteiger partial charge in [0.1, 0.15) is 36.8 Å². The molecule has 13 heteroatoms. The zero-order valence-corrected chi connectivity index (χ0v) is 41.0. The number of anilines is 1. The molecule has 1 aliphatic rings. The van der Waals surface area contributed by atoms with Crippen molar-refractivity contribution in [3.63, 3.8) is 0 Å². The molecule has 362 valence electrons. The van der Waals surface area contributed by atoms with Crippen LogP contribution in [-0.4, -0.2) is 82.3 Å². The number of nitrogens with one attached hydrogen (secondary N) is 1. The first-order valence-electron chi connectivity index (χ1n) is 22.9. The van der Waals surface area contributed by atoms with Crippen molar-refractivity contribution < 1.29 is 42.9 Å². The minimum atomic E-state index is -0.464. The highest BCUT2D eigenvalue weighted by Gasteiger charge is 2.23. The lowest BCUT2D eigenvalue weighted by Crippen LogP contribution is -2.26. The van der Waals surface area contributed by atoms with Crippen molar-refractivity contribution in [2.45, 2.75) is 110 Å². The quantitative estimate of drug-likeness (QED) is 0.0181. The van der Waals surface area contributed by atoms with Crippen LogP contribution in [0.1, 0.15) is 126 Å². The second kappa shape index (κ2) is 36.8. The molecule has 5 rings (SSSR count). The molecule has 2 unspecified atom stereocenters. The minimum Gasteiger partial charge on any atom is -0.491 e. The average Bonchev–Trinajstić information content (AvgIpc) is 3.74. The Bertz CT molecular complexity index is 1940. The van der Waals surface area contributed by atoms with Crippen molar-refractivity contribution in [1.29, 1.82) is 5.41 Å². The van der Waals surface area contributed by atoms with Gasteiger partial charge in [-0.05, 0) is 129 Å². The van der Waals surface area contributed by atoms with Crippen molar-refractivity contribution in [3.05, 3.63) is 109 Å². The molecule has 0 amide bonds. The summed E-state index contributed by atoms with van der Waals surface area (Å²) in [7, 11) is 3.33. The summed E-state index contributed by atoms with van der Waals surface area (Å²) in [4.78, 5) is 46.0. The number of aromatic nitrogens is 1. The number of nitrogen functional groups attached to an aromatic ring is 1. The summed E-state index contributed by atoms with van der Waals surface area (Å²) in [6.07, 6.45) is 17.2. The van der Waals surface area contributed by atoms with Crippen LogP contribution < -0.4 is 15.2 Å². The minimum absolute atomic E-state index is 0.146. The lowest BCUT2D eigenvalue weighted by Gasteiger charge is -2.29. The summed E-state index contributed by atoms with van der Waals surface area (Å²) >= 11 is 1.52. The number of ketones is 1. The van der Waals surface area contributed by atoms with Gasteiger partial charge in [0.25, 0.3) is 0 Å². The molecule has 0 bridgehead atoms. The topological polar surface area (TPSA) is 177 Å². The number of hydrogen-bond acceptors (Lipinski definition) is 13. The molecule has 12 nitrogen and oxygen atoms in total. The molecule has 4 aromatic rings. The molecule has 0 radical (unpaired) electrons. The summed E-state index contributed by atoms with van der Waals surface area (Å²) in [5, 5.41) is 8.52. The van der Waals surface area contributed by atoms with Crippen molar-refractivity contribution in [1.82, 2.24) is 4.98 Å². The molecule has 2 atom stereocenters. The number of carbonyl (C=O) groups excluding carboxylic acids is 4. The third-order valence-electron chi connectivity index (χ3n) is 10.6. The molecule has 3 aromatic carbocycles. The predicted octanol–water partition coefficient (Wildman–Crippen LogP) is 11.8. The Hall–Kier alpha value is -5.34. The number of esters is 1. The van der Waals surface area contributed by atoms with Gasteiger partial charge in [0.15, 0.2) is 10.9 Å². The normalized spacial score (nSPS) is 14.6. The predicted molar refractivity (Wildman–Crippen MR) is 269 cm³/mol. The van der Waals surface area contributed by atoms with E-state index in [4.69, 9.17) is 39.6 Å². The first-order chi connectivity index (χ1) is 32.0. The zero-order chi connectivity index (χ0) is 49.0. The van der Waals surface area contributed by atoms with Crippen LogP contribution in [0.5, 0.6) is 11.5 Å². The number of hydrogen-bond donors (Lipinski definition) is 2. The molecular formula is C53H75N3O9S. The third kappa shape index (κ3) is 24.3. The number of thiazole rings is 1. The standard InChI is InChI=1S/C32H45NO6.C7H6N2S.C7H12O.C4H8O.C3H4O/c1-4-7-24-8-10-25(11-9-24)27-14-17-31(28(20-27)21-33)39-32(34)26-12-15-29(16-13-26)38-23-30(36-3)22-37-19-6-5-18-35-2;8-7-9-5-3-1-2-4-6(5)10-7;1-4-6(3)7(8)5-2;1-2-3-4-5;1-2-3-4/h12-17,20-21,24-25,30,33H,4-11,18-19,22-23H2,1-3H3;1-4H,(H2,8,9);5-6H,2,4H2,1,3H3;4H,2-3H2,1H3;2-3H,1H2. The Labute approximate surface area is 397 Å². The molecule has 0 spiro atoms. The Morgan fingerprint density at radius 3 is 2.14 bits per heavy atom. The Kier molecular flexibility index (Phi) is 32.7. The van der Waals surface area contributed by atoms with Gasteiger partial charge in [-0.3, -0.25) is 9.59 Å². The fraction of sp³-hybridized carbons (Fsp3) is 0.472. The maximum absolute atomic E-state index is 12.8. The molecule has 1 fully saturated rings. The van der Waals surface area contributed by atoms with Gasteiger partial charge in [-0.1, -0.05) is 83.2 Å². The number of fused-ring (bicyclic) bond motifs is 1. The number of methoxy groups -OCH3 is 2. The van der Waals surface area contributed by atoms with Crippen molar-refractivity contribution in [2.75, 3.05) is 46.4 Å². The fourth-order valence-electron chi connectivity index (χ4n) is 6.51. The van der Waals surface area contributed by atoms with E-state index >= 15 is 0 Å². The summed E-state index contributed by atoms with van der Waals surface area (Å²) < 4.78 is 28.8. The fourth-order valence-corrected chi connectivity index (χ4v) is 7.25. The van der Waals surface area contributed by atoms with Gasteiger partial charge in [-0.2, -0.15) is 0 Å². The molecule has 0 saturated heterocycles. The number of aldehydes is 2. The lowest BCUT2D eigenvalue weighted by atomic mass is 9.77. The Balaban J connectivity index is 0.000000643. The summed E-state index contributed by atoms with van der Waals surface area (Å²) in [5.74, 6) is 2.24. The van der Waals surface area contributed by atoms with E-state index in [1.54, 1.807) is 38.5 Å². The van der Waals surface area contributed by atoms with E-state index in [0.29, 0.717) is 66.2 Å². The molecule has 0 aliphatic heterocycles. The van der Waals surface area contributed by atoms with Crippen LogP contribution in [0, 0.1) is 17.2 Å². The van der Waals surface area contributed by atoms with Gasteiger partial charge in [0.05, 0.1) is 22.4 Å². The number of para-hydroxylation sites is 1. The number of rotatable bonds is 23. The van der Waals surface area contributed by atoms with E-state index in [9.17, 15) is 14.4 Å². The molecule has 1 aromatic heterocycles. The number of nitrogens with two attached hydrogens (primary N) is 1. The number of benzene rings is 3. The van der Waals surface area contributed by atoms with Crippen molar-refractivity contribution in [2.24, 2.45) is 11.8 Å².